The summed E-state index contributed by atoms with van der Waals surface area (Å²) in [6.45, 7) is 2.10. The molecule has 2 N–H and O–H groups in total. The lowest BCUT2D eigenvalue weighted by Gasteiger charge is -2.22. The number of benzene rings is 1. The molecule has 2 rings (SSSR count). The van der Waals surface area contributed by atoms with Gasteiger partial charge in [-0.05, 0) is 37.8 Å². The minimum absolute atomic E-state index is 0.0683. The van der Waals surface area contributed by atoms with Crippen LogP contribution in [-0.2, 0) is 0 Å². The zero-order valence-electron chi connectivity index (χ0n) is 10.4. The molecule has 0 fully saturated rings. The second kappa shape index (κ2) is 5.87. The van der Waals surface area contributed by atoms with Crippen molar-refractivity contribution < 1.29 is 4.74 Å². The van der Waals surface area contributed by atoms with E-state index in [-0.39, 0.29) is 12.1 Å². The van der Waals surface area contributed by atoms with Crippen LogP contribution < -0.4 is 10.5 Å². The molecule has 0 spiro atoms. The van der Waals surface area contributed by atoms with Crippen molar-refractivity contribution in [3.8, 4) is 5.75 Å². The Bertz CT molecular complexity index is 386. The quantitative estimate of drug-likeness (QED) is 0.804. The highest BCUT2D eigenvalue weighted by Crippen LogP contribution is 2.28. The summed E-state index contributed by atoms with van der Waals surface area (Å²) in [7, 11) is 0. The maximum Gasteiger partial charge on any atom is 0.124 e. The van der Waals surface area contributed by atoms with Crippen LogP contribution in [0.5, 0.6) is 5.75 Å². The Kier molecular flexibility index (Phi) is 4.21. The number of para-hydroxylation sites is 1. The van der Waals surface area contributed by atoms with Crippen molar-refractivity contribution in [2.24, 2.45) is 5.73 Å². The van der Waals surface area contributed by atoms with Crippen molar-refractivity contribution >= 4 is 0 Å². The first-order valence-electron chi connectivity index (χ1n) is 6.49. The van der Waals surface area contributed by atoms with Crippen LogP contribution in [0.2, 0.25) is 0 Å². The van der Waals surface area contributed by atoms with E-state index in [1.807, 2.05) is 18.2 Å². The van der Waals surface area contributed by atoms with Crippen molar-refractivity contribution in [2.45, 2.75) is 44.8 Å². The summed E-state index contributed by atoms with van der Waals surface area (Å²) in [6.07, 6.45) is 9.01. The minimum atomic E-state index is 0.0683. The zero-order chi connectivity index (χ0) is 12.1. The highest BCUT2D eigenvalue weighted by molar-refractivity contribution is 5.36. The van der Waals surface area contributed by atoms with Crippen molar-refractivity contribution in [1.29, 1.82) is 0 Å². The largest absolute Gasteiger partial charge is 0.486 e. The molecule has 17 heavy (non-hydrogen) atoms. The van der Waals surface area contributed by atoms with Crippen LogP contribution in [0.1, 0.15) is 44.2 Å². The fraction of sp³-hybridized carbons (Fsp3) is 0.467. The predicted octanol–water partition coefficient (Wildman–Crippen LogP) is 3.58. The van der Waals surface area contributed by atoms with Crippen LogP contribution in [0.15, 0.2) is 36.4 Å². The Balaban J connectivity index is 2.14. The molecule has 0 saturated carbocycles. The van der Waals surface area contributed by atoms with E-state index in [1.54, 1.807) is 0 Å². The van der Waals surface area contributed by atoms with Gasteiger partial charge in [0.15, 0.2) is 0 Å². The molecule has 2 nitrogen and oxygen atoms in total. The Morgan fingerprint density at radius 3 is 2.94 bits per heavy atom. The molecule has 1 aliphatic carbocycles. The molecule has 1 aromatic rings. The van der Waals surface area contributed by atoms with Gasteiger partial charge in [-0.25, -0.2) is 0 Å². The molecule has 2 atom stereocenters. The molecule has 0 amide bonds. The maximum atomic E-state index is 6.10. The van der Waals surface area contributed by atoms with E-state index >= 15 is 0 Å². The van der Waals surface area contributed by atoms with Gasteiger partial charge in [0.1, 0.15) is 11.9 Å². The fourth-order valence-corrected chi connectivity index (χ4v) is 2.16. The second-order valence-corrected chi connectivity index (χ2v) is 4.57. The summed E-state index contributed by atoms with van der Waals surface area (Å²) in [5.41, 5.74) is 7.22. The minimum Gasteiger partial charge on any atom is -0.486 e. The van der Waals surface area contributed by atoms with Crippen molar-refractivity contribution in [2.75, 3.05) is 0 Å². The molecule has 2 unspecified atom stereocenters. The van der Waals surface area contributed by atoms with Crippen molar-refractivity contribution in [1.82, 2.24) is 0 Å². The molecular formula is C15H21NO. The molecule has 1 aromatic carbocycles. The highest BCUT2D eigenvalue weighted by Gasteiger charge is 2.14. The maximum absolute atomic E-state index is 6.10. The smallest absolute Gasteiger partial charge is 0.124 e. The van der Waals surface area contributed by atoms with Crippen LogP contribution in [0.25, 0.3) is 0 Å². The van der Waals surface area contributed by atoms with Gasteiger partial charge in [-0.3, -0.25) is 0 Å². The molecule has 0 saturated heterocycles. The van der Waals surface area contributed by atoms with Crippen molar-refractivity contribution in [3.05, 3.63) is 42.0 Å². The molecule has 0 heterocycles. The number of rotatable bonds is 4. The Hall–Kier alpha value is -1.28. The number of allylic oxidation sites excluding steroid dienone is 1. The fourth-order valence-electron chi connectivity index (χ4n) is 2.16. The third kappa shape index (κ3) is 3.10. The van der Waals surface area contributed by atoms with Crippen molar-refractivity contribution in [3.63, 3.8) is 0 Å². The topological polar surface area (TPSA) is 35.2 Å². The van der Waals surface area contributed by atoms with Gasteiger partial charge in [0.05, 0.1) is 0 Å². The predicted molar refractivity (Wildman–Crippen MR) is 71.1 cm³/mol. The average Bonchev–Trinajstić information content (AvgIpc) is 2.40. The van der Waals surface area contributed by atoms with Gasteiger partial charge in [0.2, 0.25) is 0 Å². The van der Waals surface area contributed by atoms with Gasteiger partial charge in [0, 0.05) is 11.6 Å². The second-order valence-electron chi connectivity index (χ2n) is 4.57. The summed E-state index contributed by atoms with van der Waals surface area (Å²) < 4.78 is 6.04. The number of hydrogen-bond donors (Lipinski definition) is 1. The summed E-state index contributed by atoms with van der Waals surface area (Å²) >= 11 is 0. The lowest BCUT2D eigenvalue weighted by atomic mass is 10.0. The van der Waals surface area contributed by atoms with Crippen LogP contribution in [-0.4, -0.2) is 6.10 Å². The first-order chi connectivity index (χ1) is 8.31. The van der Waals surface area contributed by atoms with Gasteiger partial charge >= 0.3 is 0 Å². The van der Waals surface area contributed by atoms with Gasteiger partial charge in [-0.15, -0.1) is 0 Å². The van der Waals surface area contributed by atoms with Gasteiger partial charge in [-0.1, -0.05) is 31.2 Å². The Labute approximate surface area is 103 Å². The van der Waals surface area contributed by atoms with E-state index in [4.69, 9.17) is 10.5 Å². The zero-order valence-corrected chi connectivity index (χ0v) is 10.4. The normalized spacial score (nSPS) is 21.2. The molecule has 0 aliphatic heterocycles. The standard InChI is InChI=1S/C15H21NO/c1-2-14(16)13-10-6-7-11-15(13)17-12-8-4-3-5-9-12/h4,6-8,10-12,14H,2-3,5,9,16H2,1H3. The average molecular weight is 231 g/mol. The lowest BCUT2D eigenvalue weighted by Crippen LogP contribution is -2.18. The Morgan fingerprint density at radius 2 is 2.24 bits per heavy atom. The summed E-state index contributed by atoms with van der Waals surface area (Å²) in [5.74, 6) is 0.943. The monoisotopic (exact) mass is 231 g/mol. The molecule has 0 radical (unpaired) electrons. The van der Waals surface area contributed by atoms with Crippen LogP contribution >= 0.6 is 0 Å². The number of nitrogens with two attached hydrogens (primary N) is 1. The first-order valence-corrected chi connectivity index (χ1v) is 6.49. The number of ether oxygens (including phenoxy) is 1. The Morgan fingerprint density at radius 1 is 1.41 bits per heavy atom. The van der Waals surface area contributed by atoms with E-state index < -0.39 is 0 Å². The van der Waals surface area contributed by atoms with E-state index in [1.165, 1.54) is 12.8 Å². The summed E-state index contributed by atoms with van der Waals surface area (Å²) in [6, 6.07) is 8.18. The molecule has 0 bridgehead atoms. The SMILES string of the molecule is CCC(N)c1ccccc1OC1C=CCCC1. The third-order valence-corrected chi connectivity index (χ3v) is 3.25. The number of hydrogen-bond acceptors (Lipinski definition) is 2. The van der Waals surface area contributed by atoms with E-state index in [2.05, 4.69) is 25.1 Å². The van der Waals surface area contributed by atoms with E-state index in [0.717, 1.165) is 24.2 Å². The van der Waals surface area contributed by atoms with Gasteiger partial charge in [-0.2, -0.15) is 0 Å². The molecule has 1 aliphatic rings. The van der Waals surface area contributed by atoms with Gasteiger partial charge in [0.25, 0.3) is 0 Å². The molecule has 2 heteroatoms. The van der Waals surface area contributed by atoms with Crippen LogP contribution in [0.3, 0.4) is 0 Å². The van der Waals surface area contributed by atoms with Crippen LogP contribution in [0.4, 0.5) is 0 Å². The molecule has 92 valence electrons. The van der Waals surface area contributed by atoms with Gasteiger partial charge < -0.3 is 10.5 Å². The van der Waals surface area contributed by atoms with E-state index in [0.29, 0.717) is 0 Å². The third-order valence-electron chi connectivity index (χ3n) is 3.25. The molecule has 0 aromatic heterocycles. The molecular weight excluding hydrogens is 210 g/mol. The van der Waals surface area contributed by atoms with E-state index in [9.17, 15) is 0 Å². The first kappa shape index (κ1) is 12.2. The lowest BCUT2D eigenvalue weighted by molar-refractivity contribution is 0.226. The summed E-state index contributed by atoms with van der Waals surface area (Å²) in [4.78, 5) is 0. The van der Waals surface area contributed by atoms with Crippen LogP contribution in [0, 0.1) is 0 Å². The summed E-state index contributed by atoms with van der Waals surface area (Å²) in [5, 5.41) is 0. The highest BCUT2D eigenvalue weighted by atomic mass is 16.5.